The molecule has 0 saturated carbocycles. The molecule has 2 aliphatic heterocycles. The molecule has 0 radical (unpaired) electrons. The van der Waals surface area contributed by atoms with Crippen LogP contribution in [0, 0.1) is 6.92 Å². The van der Waals surface area contributed by atoms with E-state index in [1.165, 1.54) is 11.1 Å². The SMILES string of the molecule is Cc1c(C([O-])=C2C(=O)C(=O)N(CCC[NH+]3CCOCC3)C2c2ccc(C(C)(C)C)cc2)cnn1-c1ccccc1. The number of hydrogen-bond acceptors (Lipinski definition) is 5. The maximum Gasteiger partial charge on any atom is 0.295 e. The van der Waals surface area contributed by atoms with E-state index in [0.29, 0.717) is 17.8 Å². The van der Waals surface area contributed by atoms with Crippen molar-refractivity contribution in [3.63, 3.8) is 0 Å². The van der Waals surface area contributed by atoms with Crippen LogP contribution in [0.5, 0.6) is 0 Å². The summed E-state index contributed by atoms with van der Waals surface area (Å²) < 4.78 is 7.15. The average Bonchev–Trinajstić information content (AvgIpc) is 3.46. The number of nitrogens with one attached hydrogen (secondary N) is 1. The van der Waals surface area contributed by atoms with E-state index in [1.54, 1.807) is 9.58 Å². The summed E-state index contributed by atoms with van der Waals surface area (Å²) in [5, 5.41) is 18.5. The third-order valence-corrected chi connectivity index (χ3v) is 8.01. The molecule has 0 bridgehead atoms. The van der Waals surface area contributed by atoms with Crippen LogP contribution in [0.2, 0.25) is 0 Å². The fourth-order valence-electron chi connectivity index (χ4n) is 5.63. The summed E-state index contributed by atoms with van der Waals surface area (Å²) in [5.41, 5.74) is 3.63. The first kappa shape index (κ1) is 27.8. The van der Waals surface area contributed by atoms with Crippen LogP contribution in [0.25, 0.3) is 11.4 Å². The molecular weight excluding hydrogens is 504 g/mol. The Balaban J connectivity index is 1.52. The fraction of sp³-hybridized carbons (Fsp3) is 0.406. The van der Waals surface area contributed by atoms with E-state index in [0.717, 1.165) is 56.1 Å². The summed E-state index contributed by atoms with van der Waals surface area (Å²) in [6.45, 7) is 12.9. The van der Waals surface area contributed by atoms with Gasteiger partial charge in [-0.2, -0.15) is 5.10 Å². The first-order chi connectivity index (χ1) is 19.2. The predicted octanol–water partition coefficient (Wildman–Crippen LogP) is 2.01. The number of para-hydroxylation sites is 1. The molecule has 1 aromatic heterocycles. The van der Waals surface area contributed by atoms with E-state index in [1.807, 2.05) is 61.5 Å². The molecule has 0 spiro atoms. The zero-order valence-corrected chi connectivity index (χ0v) is 23.8. The van der Waals surface area contributed by atoms with Gasteiger partial charge in [0.1, 0.15) is 13.1 Å². The minimum Gasteiger partial charge on any atom is -0.872 e. The second-order valence-corrected chi connectivity index (χ2v) is 11.7. The molecule has 1 amide bonds. The summed E-state index contributed by atoms with van der Waals surface area (Å²) in [5.74, 6) is -1.77. The number of nitrogens with zero attached hydrogens (tertiary/aromatic N) is 3. The number of ketones is 1. The Hall–Kier alpha value is -3.75. The number of benzene rings is 2. The minimum absolute atomic E-state index is 0.00272. The summed E-state index contributed by atoms with van der Waals surface area (Å²) >= 11 is 0. The summed E-state index contributed by atoms with van der Waals surface area (Å²) in [6.07, 6.45) is 2.23. The van der Waals surface area contributed by atoms with Gasteiger partial charge in [-0.15, -0.1) is 0 Å². The van der Waals surface area contributed by atoms with E-state index in [-0.39, 0.29) is 11.0 Å². The van der Waals surface area contributed by atoms with Gasteiger partial charge in [0.15, 0.2) is 0 Å². The molecule has 2 saturated heterocycles. The normalized spacial score (nSPS) is 19.9. The summed E-state index contributed by atoms with van der Waals surface area (Å²) in [6, 6.07) is 16.7. The zero-order valence-electron chi connectivity index (χ0n) is 23.8. The molecule has 0 aliphatic carbocycles. The van der Waals surface area contributed by atoms with Gasteiger partial charge < -0.3 is 19.6 Å². The Morgan fingerprint density at radius 3 is 2.38 bits per heavy atom. The second-order valence-electron chi connectivity index (χ2n) is 11.7. The molecule has 3 heterocycles. The number of carbonyl (C=O) groups is 2. The van der Waals surface area contributed by atoms with E-state index < -0.39 is 23.5 Å². The van der Waals surface area contributed by atoms with Crippen molar-refractivity contribution in [3.05, 3.63) is 88.8 Å². The number of carbonyl (C=O) groups excluding carboxylic acids is 2. The molecule has 1 unspecified atom stereocenters. The van der Waals surface area contributed by atoms with Crippen molar-refractivity contribution in [3.8, 4) is 5.69 Å². The smallest absolute Gasteiger partial charge is 0.295 e. The van der Waals surface area contributed by atoms with Gasteiger partial charge in [0, 0.05) is 29.8 Å². The van der Waals surface area contributed by atoms with Crippen molar-refractivity contribution in [2.75, 3.05) is 39.4 Å². The Morgan fingerprint density at radius 2 is 1.73 bits per heavy atom. The Labute approximate surface area is 235 Å². The van der Waals surface area contributed by atoms with Crippen LogP contribution in [0.15, 0.2) is 66.4 Å². The van der Waals surface area contributed by atoms with Gasteiger partial charge in [-0.25, -0.2) is 4.68 Å². The third-order valence-electron chi connectivity index (χ3n) is 8.01. The van der Waals surface area contributed by atoms with Gasteiger partial charge in [0.2, 0.25) is 5.78 Å². The number of morpholine rings is 1. The van der Waals surface area contributed by atoms with Gasteiger partial charge in [-0.05, 0) is 35.6 Å². The largest absolute Gasteiger partial charge is 0.872 e. The predicted molar refractivity (Wildman–Crippen MR) is 151 cm³/mol. The lowest BCUT2D eigenvalue weighted by molar-refractivity contribution is -0.908. The van der Waals surface area contributed by atoms with Crippen molar-refractivity contribution >= 4 is 17.4 Å². The lowest BCUT2D eigenvalue weighted by Gasteiger charge is -2.29. The van der Waals surface area contributed by atoms with E-state index in [9.17, 15) is 14.7 Å². The third kappa shape index (κ3) is 5.46. The molecule has 8 nitrogen and oxygen atoms in total. The molecule has 8 heteroatoms. The minimum atomic E-state index is -0.735. The molecule has 2 aromatic carbocycles. The van der Waals surface area contributed by atoms with Gasteiger partial charge in [0.25, 0.3) is 5.91 Å². The number of likely N-dealkylation sites (tertiary alicyclic amines) is 1. The number of ether oxygens (including phenoxy) is 1. The van der Waals surface area contributed by atoms with Crippen LogP contribution >= 0.6 is 0 Å². The zero-order chi connectivity index (χ0) is 28.4. The molecule has 210 valence electrons. The molecule has 3 aromatic rings. The van der Waals surface area contributed by atoms with Crippen molar-refractivity contribution in [1.29, 1.82) is 0 Å². The van der Waals surface area contributed by atoms with Crippen molar-refractivity contribution in [2.24, 2.45) is 0 Å². The summed E-state index contributed by atoms with van der Waals surface area (Å²) in [7, 11) is 0. The van der Waals surface area contributed by atoms with Crippen LogP contribution in [0.3, 0.4) is 0 Å². The number of rotatable bonds is 7. The van der Waals surface area contributed by atoms with Gasteiger partial charge in [-0.3, -0.25) is 9.59 Å². The maximum atomic E-state index is 14.0. The van der Waals surface area contributed by atoms with E-state index >= 15 is 0 Å². The molecule has 40 heavy (non-hydrogen) atoms. The van der Waals surface area contributed by atoms with Crippen LogP contribution in [0.1, 0.15) is 55.6 Å². The van der Waals surface area contributed by atoms with Crippen molar-refractivity contribution < 1.29 is 24.3 Å². The number of aromatic nitrogens is 2. The van der Waals surface area contributed by atoms with Gasteiger partial charge in [0.05, 0.1) is 37.7 Å². The molecule has 2 fully saturated rings. The Morgan fingerprint density at radius 1 is 1.05 bits per heavy atom. The van der Waals surface area contributed by atoms with Crippen LogP contribution in [-0.2, 0) is 19.7 Å². The second kappa shape index (κ2) is 11.4. The maximum absolute atomic E-state index is 14.0. The Kier molecular flexibility index (Phi) is 7.92. The van der Waals surface area contributed by atoms with Crippen molar-refractivity contribution in [2.45, 2.75) is 45.6 Å². The quantitative estimate of drug-likeness (QED) is 0.280. The molecule has 2 aliphatic rings. The lowest BCUT2D eigenvalue weighted by atomic mass is 9.85. The Bertz CT molecular complexity index is 1400. The van der Waals surface area contributed by atoms with Crippen LogP contribution in [0.4, 0.5) is 0 Å². The van der Waals surface area contributed by atoms with Crippen LogP contribution < -0.4 is 10.0 Å². The first-order valence-corrected chi connectivity index (χ1v) is 14.1. The molecule has 5 rings (SSSR count). The first-order valence-electron chi connectivity index (χ1n) is 14.1. The van der Waals surface area contributed by atoms with E-state index in [2.05, 4.69) is 25.9 Å². The van der Waals surface area contributed by atoms with Gasteiger partial charge >= 0.3 is 0 Å². The lowest BCUT2D eigenvalue weighted by Crippen LogP contribution is -3.14. The molecule has 1 atom stereocenters. The average molecular weight is 543 g/mol. The highest BCUT2D eigenvalue weighted by atomic mass is 16.5. The monoisotopic (exact) mass is 542 g/mol. The number of hydrogen-bond donors (Lipinski definition) is 1. The highest BCUT2D eigenvalue weighted by Crippen LogP contribution is 2.40. The number of amides is 1. The highest BCUT2D eigenvalue weighted by Gasteiger charge is 2.44. The standard InChI is InChI=1S/C32H38N4O4/c1-22-26(21-33-36(22)25-9-6-5-7-10-25)29(37)27-28(23-11-13-24(14-12-23)32(2,3)4)35(31(39)30(27)38)16-8-15-34-17-19-40-20-18-34/h5-7,9-14,21,28,37H,8,15-20H2,1-4H3. The van der Waals surface area contributed by atoms with E-state index in [4.69, 9.17) is 4.74 Å². The van der Waals surface area contributed by atoms with Gasteiger partial charge in [-0.1, -0.05) is 69.0 Å². The fourth-order valence-corrected chi connectivity index (χ4v) is 5.63. The highest BCUT2D eigenvalue weighted by molar-refractivity contribution is 6.46. The summed E-state index contributed by atoms with van der Waals surface area (Å²) in [4.78, 5) is 29.9. The molecular formula is C32H38N4O4. The van der Waals surface area contributed by atoms with Crippen LogP contribution in [-0.4, -0.2) is 65.8 Å². The van der Waals surface area contributed by atoms with Crippen molar-refractivity contribution in [1.82, 2.24) is 14.7 Å². The number of Topliss-reactive ketones (excluding diaryl/α,β-unsaturated/α-hetero) is 1. The molecule has 1 N–H and O–H groups in total. The topological polar surface area (TPSA) is 91.9 Å². The number of quaternary nitrogens is 1.